The lowest BCUT2D eigenvalue weighted by Gasteiger charge is -2.11. The molecule has 0 amide bonds. The summed E-state index contributed by atoms with van der Waals surface area (Å²) in [4.78, 5) is 2.37. The van der Waals surface area contributed by atoms with Crippen molar-refractivity contribution < 1.29 is 31.5 Å². The Balaban J connectivity index is 0.000000732. The summed E-state index contributed by atoms with van der Waals surface area (Å²) in [6.07, 6.45) is 2.15. The van der Waals surface area contributed by atoms with E-state index in [1.807, 2.05) is 30.3 Å². The van der Waals surface area contributed by atoms with Crippen LogP contribution in [0.4, 0.5) is 17.3 Å². The van der Waals surface area contributed by atoms with Gasteiger partial charge < -0.3 is 31.5 Å². The van der Waals surface area contributed by atoms with Crippen molar-refractivity contribution in [1.29, 1.82) is 0 Å². The number of hydrogen-bond acceptors (Lipinski definition) is 3. The Hall–Kier alpha value is -3.59. The second-order valence-electron chi connectivity index (χ2n) is 8.22. The van der Waals surface area contributed by atoms with E-state index in [4.69, 9.17) is 14.2 Å². The Bertz CT molecular complexity index is 1220. The Labute approximate surface area is 224 Å². The highest BCUT2D eigenvalue weighted by atomic mass is 32.1. The van der Waals surface area contributed by atoms with Gasteiger partial charge in [0.25, 0.3) is 0 Å². The summed E-state index contributed by atoms with van der Waals surface area (Å²) in [6, 6.07) is 29.2. The first-order valence-electron chi connectivity index (χ1n) is 12.1. The highest BCUT2D eigenvalue weighted by molar-refractivity contribution is 7.18. The maximum Gasteiger partial charge on any atom is 0.673 e. The predicted molar refractivity (Wildman–Crippen MR) is 149 cm³/mol. The van der Waals surface area contributed by atoms with Crippen LogP contribution in [0.25, 0.3) is 32.0 Å². The second kappa shape index (κ2) is 13.8. The summed E-state index contributed by atoms with van der Waals surface area (Å²) < 4.78 is 55.9. The second-order valence-corrected chi connectivity index (χ2v) is 9.31. The maximum absolute atomic E-state index is 9.75. The van der Waals surface area contributed by atoms with Crippen molar-refractivity contribution in [3.8, 4) is 49.3 Å². The molecule has 0 saturated heterocycles. The largest absolute Gasteiger partial charge is 0.673 e. The van der Waals surface area contributed by atoms with E-state index in [-0.39, 0.29) is 0 Å². The Morgan fingerprint density at radius 3 is 1.61 bits per heavy atom. The predicted octanol–water partition coefficient (Wildman–Crippen LogP) is 9.53. The van der Waals surface area contributed by atoms with Crippen molar-refractivity contribution in [2.24, 2.45) is 0 Å². The van der Waals surface area contributed by atoms with Gasteiger partial charge in [0.2, 0.25) is 21.1 Å². The van der Waals surface area contributed by atoms with Gasteiger partial charge >= 0.3 is 7.25 Å². The summed E-state index contributed by atoms with van der Waals surface area (Å²) in [5.41, 5.74) is 4.55. The van der Waals surface area contributed by atoms with E-state index in [0.717, 1.165) is 59.0 Å². The molecule has 0 aliphatic rings. The molecule has 0 aliphatic heterocycles. The van der Waals surface area contributed by atoms with Crippen LogP contribution in [-0.2, 0) is 0 Å². The maximum atomic E-state index is 9.75. The Kier molecular flexibility index (Phi) is 10.5. The molecule has 200 valence electrons. The third kappa shape index (κ3) is 8.76. The average Bonchev–Trinajstić information content (AvgIpc) is 2.92. The summed E-state index contributed by atoms with van der Waals surface area (Å²) in [5, 5.41) is 0. The number of benzene rings is 3. The topological polar surface area (TPSA) is 27.7 Å². The van der Waals surface area contributed by atoms with Crippen LogP contribution < -0.4 is 14.2 Å². The van der Waals surface area contributed by atoms with Crippen molar-refractivity contribution in [1.82, 2.24) is 0 Å². The lowest BCUT2D eigenvalue weighted by atomic mass is 10.0. The fourth-order valence-corrected chi connectivity index (χ4v) is 4.73. The molecule has 0 saturated carbocycles. The van der Waals surface area contributed by atoms with Crippen LogP contribution in [-0.4, -0.2) is 28.1 Å². The van der Waals surface area contributed by atoms with E-state index in [9.17, 15) is 17.3 Å². The molecular formula is C29H29BF4O3S. The van der Waals surface area contributed by atoms with Gasteiger partial charge in [0.1, 0.15) is 17.2 Å². The smallest absolute Gasteiger partial charge is 0.497 e. The average molecular weight is 544 g/mol. The van der Waals surface area contributed by atoms with Gasteiger partial charge in [0.15, 0.2) is 0 Å². The zero-order chi connectivity index (χ0) is 27.5. The molecule has 4 rings (SSSR count). The van der Waals surface area contributed by atoms with Crippen molar-refractivity contribution >= 4 is 18.6 Å². The number of hydrogen-bond donors (Lipinski definition) is 0. The molecule has 1 heterocycles. The molecule has 0 N–H and O–H groups in total. The minimum absolute atomic E-state index is 0.722. The van der Waals surface area contributed by atoms with Crippen LogP contribution in [0.3, 0.4) is 0 Å². The van der Waals surface area contributed by atoms with Gasteiger partial charge in [-0.3, -0.25) is 0 Å². The van der Waals surface area contributed by atoms with Gasteiger partial charge in [-0.15, -0.1) is 0 Å². The zero-order valence-electron chi connectivity index (χ0n) is 21.4. The van der Waals surface area contributed by atoms with Gasteiger partial charge in [0, 0.05) is 28.8 Å². The number of halogens is 4. The van der Waals surface area contributed by atoms with Gasteiger partial charge in [-0.25, -0.2) is 0 Å². The lowest BCUT2D eigenvalue weighted by molar-refractivity contribution is 0.310. The fourth-order valence-electron chi connectivity index (χ4n) is 3.61. The molecule has 9 heteroatoms. The SMILES string of the molecule is CCCCOc1ccccc1-c1cc(-c2ccc(OC)cc2)[s+]c(-c2ccc(OC)cc2)c1.F[B-](F)(F)F. The van der Waals surface area contributed by atoms with Crippen LogP contribution >= 0.6 is 11.3 Å². The lowest BCUT2D eigenvalue weighted by Crippen LogP contribution is -2.02. The molecule has 4 aromatic rings. The zero-order valence-corrected chi connectivity index (χ0v) is 22.2. The molecule has 0 aliphatic carbocycles. The first-order chi connectivity index (χ1) is 18.2. The minimum atomic E-state index is -6.00. The van der Waals surface area contributed by atoms with Gasteiger partial charge in [-0.05, 0) is 66.6 Å². The molecule has 3 nitrogen and oxygen atoms in total. The first kappa shape index (κ1) is 29.0. The van der Waals surface area contributed by atoms with E-state index in [0.29, 0.717) is 0 Å². The van der Waals surface area contributed by atoms with Crippen LogP contribution in [0, 0.1) is 0 Å². The standard InChI is InChI=1S/C29H29O3S.BF4/c1-4-5-18-32-27-9-7-6-8-26(27)23-19-28(21-10-14-24(30-2)15-11-21)33-29(20-23)22-12-16-25(31-3)17-13-22;2-1(3,4)5/h6-17,19-20H,4-5,18H2,1-3H3;/q+1;-1. The van der Waals surface area contributed by atoms with Crippen molar-refractivity contribution in [3.05, 3.63) is 84.9 Å². The molecule has 0 bridgehead atoms. The number of methoxy groups -OCH3 is 2. The summed E-state index contributed by atoms with van der Waals surface area (Å²) in [7, 11) is -2.62. The quantitative estimate of drug-likeness (QED) is 0.0909. The molecule has 0 fully saturated rings. The van der Waals surface area contributed by atoms with Crippen molar-refractivity contribution in [2.45, 2.75) is 19.8 Å². The summed E-state index contributed by atoms with van der Waals surface area (Å²) in [6.45, 7) is 2.90. The molecule has 38 heavy (non-hydrogen) atoms. The fraction of sp³-hybridized carbons (Fsp3) is 0.207. The van der Waals surface area contributed by atoms with Crippen molar-refractivity contribution in [3.63, 3.8) is 0 Å². The molecule has 0 atom stereocenters. The third-order valence-corrected chi connectivity index (χ3v) is 6.64. The number of para-hydroxylation sites is 1. The third-order valence-electron chi connectivity index (χ3n) is 5.50. The van der Waals surface area contributed by atoms with Crippen molar-refractivity contribution in [2.75, 3.05) is 20.8 Å². The van der Waals surface area contributed by atoms with Crippen LogP contribution in [0.1, 0.15) is 19.8 Å². The monoisotopic (exact) mass is 544 g/mol. The molecule has 0 unspecified atom stereocenters. The van der Waals surface area contributed by atoms with Gasteiger partial charge in [-0.1, -0.05) is 31.5 Å². The first-order valence-corrected chi connectivity index (χ1v) is 12.9. The summed E-state index contributed by atoms with van der Waals surface area (Å²) in [5.74, 6) is 2.62. The highest BCUT2D eigenvalue weighted by Gasteiger charge is 2.21. The van der Waals surface area contributed by atoms with E-state index in [1.165, 1.54) is 9.75 Å². The number of unbranched alkanes of at least 4 members (excludes halogenated alkanes) is 1. The van der Waals surface area contributed by atoms with E-state index >= 15 is 0 Å². The Morgan fingerprint density at radius 1 is 0.684 bits per heavy atom. The molecule has 3 aromatic carbocycles. The summed E-state index contributed by atoms with van der Waals surface area (Å²) >= 11 is 1.77. The van der Waals surface area contributed by atoms with E-state index in [1.54, 1.807) is 25.6 Å². The molecule has 0 radical (unpaired) electrons. The van der Waals surface area contributed by atoms with Crippen LogP contribution in [0.5, 0.6) is 17.2 Å². The molecule has 1 aromatic heterocycles. The van der Waals surface area contributed by atoms with Crippen LogP contribution in [0.15, 0.2) is 84.9 Å². The van der Waals surface area contributed by atoms with Gasteiger partial charge in [-0.2, -0.15) is 0 Å². The van der Waals surface area contributed by atoms with E-state index in [2.05, 4.69) is 61.5 Å². The normalized spacial score (nSPS) is 10.8. The minimum Gasteiger partial charge on any atom is -0.497 e. The number of ether oxygens (including phenoxy) is 3. The highest BCUT2D eigenvalue weighted by Crippen LogP contribution is 2.40. The molecule has 0 spiro atoms. The van der Waals surface area contributed by atoms with E-state index < -0.39 is 7.25 Å². The van der Waals surface area contributed by atoms with Crippen LogP contribution in [0.2, 0.25) is 0 Å². The number of rotatable bonds is 9. The molecular weight excluding hydrogens is 515 g/mol. The van der Waals surface area contributed by atoms with Gasteiger partial charge in [0.05, 0.1) is 20.8 Å². The Morgan fingerprint density at radius 2 is 1.16 bits per heavy atom.